The maximum Gasteiger partial charge on any atom is 0.277 e. The second-order valence-electron chi connectivity index (χ2n) is 5.88. The Kier molecular flexibility index (Phi) is 3.82. The van der Waals surface area contributed by atoms with Gasteiger partial charge in [-0.25, -0.2) is 9.67 Å². The molecule has 3 aromatic rings. The first-order chi connectivity index (χ1) is 11.8. The van der Waals surface area contributed by atoms with Gasteiger partial charge in [-0.3, -0.25) is 9.89 Å². The molecule has 0 aromatic carbocycles. The number of H-pyrrole nitrogens is 1. The Balaban J connectivity index is 1.53. The summed E-state index contributed by atoms with van der Waals surface area (Å²) in [5.41, 5.74) is 2.63. The van der Waals surface area contributed by atoms with Crippen LogP contribution >= 0.6 is 0 Å². The number of pyridine rings is 1. The third kappa shape index (κ3) is 2.80. The molecule has 0 aliphatic heterocycles. The molecule has 7 heteroatoms. The highest BCUT2D eigenvalue weighted by molar-refractivity contribution is 6.03. The quantitative estimate of drug-likeness (QED) is 0.725. The number of aryl methyl sites for hydroxylation is 1. The van der Waals surface area contributed by atoms with Gasteiger partial charge in [0.2, 0.25) is 0 Å². The van der Waals surface area contributed by atoms with Crippen molar-refractivity contribution in [2.45, 2.75) is 32.1 Å². The minimum atomic E-state index is -0.222. The van der Waals surface area contributed by atoms with E-state index in [1.807, 2.05) is 18.2 Å². The summed E-state index contributed by atoms with van der Waals surface area (Å²) in [6.07, 6.45) is 8.77. The van der Waals surface area contributed by atoms with Gasteiger partial charge in [0.15, 0.2) is 17.3 Å². The SMILES string of the molecule is O=C(Nc1ccn(-c2ccccn2)n1)c1n[nH]c2c1CCCCC2. The number of hydrogen-bond acceptors (Lipinski definition) is 4. The number of carbonyl (C=O) groups excluding carboxylic acids is 1. The Morgan fingerprint density at radius 1 is 1.17 bits per heavy atom. The average Bonchev–Trinajstić information content (AvgIpc) is 3.17. The Bertz CT molecular complexity index is 851. The van der Waals surface area contributed by atoms with Crippen LogP contribution in [-0.2, 0) is 12.8 Å². The summed E-state index contributed by atoms with van der Waals surface area (Å²) < 4.78 is 1.63. The maximum absolute atomic E-state index is 12.5. The monoisotopic (exact) mass is 322 g/mol. The number of nitrogens with zero attached hydrogens (tertiary/aromatic N) is 4. The molecule has 3 heterocycles. The molecular weight excluding hydrogens is 304 g/mol. The van der Waals surface area contributed by atoms with Crippen LogP contribution in [0.2, 0.25) is 0 Å². The molecule has 1 aliphatic carbocycles. The van der Waals surface area contributed by atoms with Gasteiger partial charge in [-0.15, -0.1) is 5.10 Å². The summed E-state index contributed by atoms with van der Waals surface area (Å²) in [5.74, 6) is 0.961. The Morgan fingerprint density at radius 2 is 2.08 bits per heavy atom. The number of amides is 1. The Morgan fingerprint density at radius 3 is 2.96 bits per heavy atom. The van der Waals surface area contributed by atoms with E-state index in [0.717, 1.165) is 36.9 Å². The van der Waals surface area contributed by atoms with E-state index in [0.29, 0.717) is 17.3 Å². The van der Waals surface area contributed by atoms with Crippen molar-refractivity contribution in [1.82, 2.24) is 25.0 Å². The lowest BCUT2D eigenvalue weighted by atomic mass is 10.1. The zero-order valence-electron chi connectivity index (χ0n) is 13.2. The number of rotatable bonds is 3. The topological polar surface area (TPSA) is 88.5 Å². The lowest BCUT2D eigenvalue weighted by Gasteiger charge is -2.03. The number of hydrogen-bond donors (Lipinski definition) is 2. The van der Waals surface area contributed by atoms with Gasteiger partial charge in [0, 0.05) is 29.7 Å². The van der Waals surface area contributed by atoms with Crippen LogP contribution in [-0.4, -0.2) is 30.9 Å². The predicted molar refractivity (Wildman–Crippen MR) is 89.2 cm³/mol. The molecule has 0 fully saturated rings. The van der Waals surface area contributed by atoms with Crippen molar-refractivity contribution in [1.29, 1.82) is 0 Å². The predicted octanol–water partition coefficient (Wildman–Crippen LogP) is 2.51. The highest BCUT2D eigenvalue weighted by atomic mass is 16.2. The van der Waals surface area contributed by atoms with E-state index in [1.54, 1.807) is 23.1 Å². The van der Waals surface area contributed by atoms with E-state index in [-0.39, 0.29) is 5.91 Å². The number of nitrogens with one attached hydrogen (secondary N) is 2. The maximum atomic E-state index is 12.5. The van der Waals surface area contributed by atoms with E-state index < -0.39 is 0 Å². The van der Waals surface area contributed by atoms with E-state index >= 15 is 0 Å². The number of aromatic nitrogens is 5. The Labute approximate surface area is 139 Å². The highest BCUT2D eigenvalue weighted by Crippen LogP contribution is 2.22. The lowest BCUT2D eigenvalue weighted by molar-refractivity contribution is 0.102. The molecule has 0 atom stereocenters. The summed E-state index contributed by atoms with van der Waals surface area (Å²) in [6.45, 7) is 0. The van der Waals surface area contributed by atoms with Gasteiger partial charge in [0.25, 0.3) is 5.91 Å². The second kappa shape index (κ2) is 6.27. The van der Waals surface area contributed by atoms with Gasteiger partial charge in [-0.05, 0) is 37.8 Å². The molecule has 0 saturated carbocycles. The summed E-state index contributed by atoms with van der Waals surface area (Å²) in [7, 11) is 0. The van der Waals surface area contributed by atoms with Crippen LogP contribution in [0.3, 0.4) is 0 Å². The molecule has 122 valence electrons. The van der Waals surface area contributed by atoms with Gasteiger partial charge in [0.1, 0.15) is 0 Å². The van der Waals surface area contributed by atoms with E-state index in [9.17, 15) is 4.79 Å². The van der Waals surface area contributed by atoms with Gasteiger partial charge in [-0.2, -0.15) is 5.10 Å². The third-order valence-corrected chi connectivity index (χ3v) is 4.24. The largest absolute Gasteiger partial charge is 0.304 e. The standard InChI is InChI=1S/C17H18N6O/c24-17(16-12-6-2-1-3-7-13(12)20-21-16)19-14-9-11-23(22-14)15-8-4-5-10-18-15/h4-5,8-11H,1-3,6-7H2,(H,20,21)(H,19,22,24). The van der Waals surface area contributed by atoms with E-state index in [4.69, 9.17) is 0 Å². The highest BCUT2D eigenvalue weighted by Gasteiger charge is 2.21. The summed E-state index contributed by atoms with van der Waals surface area (Å²) in [6, 6.07) is 7.34. The van der Waals surface area contributed by atoms with Crippen molar-refractivity contribution in [2.24, 2.45) is 0 Å². The molecule has 24 heavy (non-hydrogen) atoms. The van der Waals surface area contributed by atoms with E-state index in [1.165, 1.54) is 6.42 Å². The molecule has 7 nitrogen and oxygen atoms in total. The van der Waals surface area contributed by atoms with Crippen molar-refractivity contribution in [3.63, 3.8) is 0 Å². The van der Waals surface area contributed by atoms with Gasteiger partial charge >= 0.3 is 0 Å². The third-order valence-electron chi connectivity index (χ3n) is 4.24. The van der Waals surface area contributed by atoms with Gasteiger partial charge in [-0.1, -0.05) is 12.5 Å². The van der Waals surface area contributed by atoms with Crippen LogP contribution in [0.25, 0.3) is 5.82 Å². The van der Waals surface area contributed by atoms with Crippen molar-refractivity contribution in [2.75, 3.05) is 5.32 Å². The van der Waals surface area contributed by atoms with Crippen molar-refractivity contribution in [3.8, 4) is 5.82 Å². The minimum absolute atomic E-state index is 0.222. The fourth-order valence-electron chi connectivity index (χ4n) is 3.03. The first-order valence-electron chi connectivity index (χ1n) is 8.16. The van der Waals surface area contributed by atoms with Crippen LogP contribution in [0, 0.1) is 0 Å². The first kappa shape index (κ1) is 14.6. The molecule has 0 bridgehead atoms. The molecule has 4 rings (SSSR count). The van der Waals surface area contributed by atoms with Crippen molar-refractivity contribution < 1.29 is 4.79 Å². The van der Waals surface area contributed by atoms with Crippen molar-refractivity contribution >= 4 is 11.7 Å². The van der Waals surface area contributed by atoms with Crippen LogP contribution in [0.4, 0.5) is 5.82 Å². The number of carbonyl (C=O) groups is 1. The molecule has 0 saturated heterocycles. The first-order valence-corrected chi connectivity index (χ1v) is 8.16. The second-order valence-corrected chi connectivity index (χ2v) is 5.88. The molecule has 2 N–H and O–H groups in total. The minimum Gasteiger partial charge on any atom is -0.304 e. The number of fused-ring (bicyclic) bond motifs is 1. The van der Waals surface area contributed by atoms with Crippen molar-refractivity contribution in [3.05, 3.63) is 53.6 Å². The Hall–Kier alpha value is -2.96. The fourth-order valence-corrected chi connectivity index (χ4v) is 3.03. The molecule has 1 amide bonds. The molecule has 1 aliphatic rings. The normalized spacial score (nSPS) is 14.0. The van der Waals surface area contributed by atoms with Crippen LogP contribution < -0.4 is 5.32 Å². The molecular formula is C17H18N6O. The molecule has 3 aromatic heterocycles. The van der Waals surface area contributed by atoms with Gasteiger partial charge < -0.3 is 5.32 Å². The molecule has 0 spiro atoms. The number of anilines is 1. The summed E-state index contributed by atoms with van der Waals surface area (Å²) in [4.78, 5) is 16.8. The molecule has 0 unspecified atom stereocenters. The smallest absolute Gasteiger partial charge is 0.277 e. The lowest BCUT2D eigenvalue weighted by Crippen LogP contribution is -2.15. The zero-order chi connectivity index (χ0) is 16.4. The molecule has 0 radical (unpaired) electrons. The van der Waals surface area contributed by atoms with E-state index in [2.05, 4.69) is 25.6 Å². The van der Waals surface area contributed by atoms with Crippen LogP contribution in [0.1, 0.15) is 41.0 Å². The van der Waals surface area contributed by atoms with Crippen LogP contribution in [0.15, 0.2) is 36.7 Å². The zero-order valence-corrected chi connectivity index (χ0v) is 13.2. The number of aromatic amines is 1. The fraction of sp³-hybridized carbons (Fsp3) is 0.294. The summed E-state index contributed by atoms with van der Waals surface area (Å²) in [5, 5.41) is 14.4. The summed E-state index contributed by atoms with van der Waals surface area (Å²) >= 11 is 0. The van der Waals surface area contributed by atoms with Gasteiger partial charge in [0.05, 0.1) is 0 Å². The van der Waals surface area contributed by atoms with Crippen LogP contribution in [0.5, 0.6) is 0 Å². The average molecular weight is 322 g/mol.